The van der Waals surface area contributed by atoms with Crippen LogP contribution < -0.4 is 5.32 Å². The number of nitrogens with zero attached hydrogens (tertiary/aromatic N) is 1. The number of hydrogen-bond acceptors (Lipinski definition) is 3. The van der Waals surface area contributed by atoms with Gasteiger partial charge in [0.2, 0.25) is 0 Å². The van der Waals surface area contributed by atoms with E-state index in [1.807, 2.05) is 18.2 Å². The average Bonchev–Trinajstić information content (AvgIpc) is 2.91. The van der Waals surface area contributed by atoms with Gasteiger partial charge in [0.1, 0.15) is 5.82 Å². The van der Waals surface area contributed by atoms with E-state index in [2.05, 4.69) is 24.1 Å². The third-order valence-corrected chi connectivity index (χ3v) is 4.58. The molecule has 0 spiro atoms. The molecule has 0 saturated heterocycles. The first kappa shape index (κ1) is 14.7. The van der Waals surface area contributed by atoms with E-state index in [-0.39, 0.29) is 11.7 Å². The molecule has 0 aliphatic carbocycles. The fourth-order valence-electron chi connectivity index (χ4n) is 2.07. The number of benzene rings is 2. The van der Waals surface area contributed by atoms with Crippen molar-refractivity contribution in [2.24, 2.45) is 0 Å². The van der Waals surface area contributed by atoms with Crippen LogP contribution >= 0.6 is 11.3 Å². The van der Waals surface area contributed by atoms with E-state index in [1.165, 1.54) is 24.3 Å². The Morgan fingerprint density at radius 1 is 1.18 bits per heavy atom. The Labute approximate surface area is 131 Å². The van der Waals surface area contributed by atoms with E-state index in [0.29, 0.717) is 17.2 Å². The summed E-state index contributed by atoms with van der Waals surface area (Å²) in [6, 6.07) is 11.1. The van der Waals surface area contributed by atoms with Crippen LogP contribution in [0.5, 0.6) is 0 Å². The summed E-state index contributed by atoms with van der Waals surface area (Å²) in [6.07, 6.45) is 0. The van der Waals surface area contributed by atoms with Crippen LogP contribution in [0.1, 0.15) is 35.1 Å². The van der Waals surface area contributed by atoms with Crippen LogP contribution in [-0.4, -0.2) is 10.9 Å². The summed E-state index contributed by atoms with van der Waals surface area (Å²) in [4.78, 5) is 16.7. The molecule has 0 atom stereocenters. The minimum Gasteiger partial charge on any atom is -0.322 e. The number of carbonyl (C=O) groups is 1. The predicted molar refractivity (Wildman–Crippen MR) is 88.1 cm³/mol. The van der Waals surface area contributed by atoms with E-state index in [0.717, 1.165) is 15.2 Å². The quantitative estimate of drug-likeness (QED) is 0.753. The summed E-state index contributed by atoms with van der Waals surface area (Å²) < 4.78 is 13.9. The van der Waals surface area contributed by atoms with Crippen LogP contribution in [0.15, 0.2) is 42.5 Å². The van der Waals surface area contributed by atoms with Gasteiger partial charge in [0.25, 0.3) is 5.91 Å². The molecule has 5 heteroatoms. The fourth-order valence-corrected chi connectivity index (χ4v) is 3.08. The van der Waals surface area contributed by atoms with Gasteiger partial charge in [-0.1, -0.05) is 13.8 Å². The van der Waals surface area contributed by atoms with Crippen LogP contribution in [0.2, 0.25) is 0 Å². The first-order chi connectivity index (χ1) is 10.5. The highest BCUT2D eigenvalue weighted by molar-refractivity contribution is 7.18. The lowest BCUT2D eigenvalue weighted by Crippen LogP contribution is -2.11. The zero-order chi connectivity index (χ0) is 15.7. The van der Waals surface area contributed by atoms with Gasteiger partial charge in [-0.25, -0.2) is 9.37 Å². The zero-order valence-corrected chi connectivity index (χ0v) is 13.1. The van der Waals surface area contributed by atoms with Crippen molar-refractivity contribution in [1.82, 2.24) is 4.98 Å². The van der Waals surface area contributed by atoms with Crippen molar-refractivity contribution in [1.29, 1.82) is 0 Å². The van der Waals surface area contributed by atoms with Crippen molar-refractivity contribution in [3.8, 4) is 0 Å². The topological polar surface area (TPSA) is 42.0 Å². The normalized spacial score (nSPS) is 11.1. The van der Waals surface area contributed by atoms with Gasteiger partial charge in [-0.05, 0) is 42.5 Å². The lowest BCUT2D eigenvalue weighted by Gasteiger charge is -2.05. The molecule has 0 aliphatic rings. The maximum atomic E-state index is 12.9. The van der Waals surface area contributed by atoms with Crippen molar-refractivity contribution >= 4 is 33.1 Å². The Morgan fingerprint density at radius 3 is 2.59 bits per heavy atom. The van der Waals surface area contributed by atoms with Crippen molar-refractivity contribution in [2.75, 3.05) is 5.32 Å². The minimum absolute atomic E-state index is 0.257. The summed E-state index contributed by atoms with van der Waals surface area (Å²) in [6.45, 7) is 4.21. The summed E-state index contributed by atoms with van der Waals surface area (Å²) in [5.41, 5.74) is 2.07. The average molecular weight is 314 g/mol. The predicted octanol–water partition coefficient (Wildman–Crippen LogP) is 4.81. The van der Waals surface area contributed by atoms with E-state index in [4.69, 9.17) is 0 Å². The van der Waals surface area contributed by atoms with Crippen LogP contribution in [-0.2, 0) is 0 Å². The number of rotatable bonds is 3. The third-order valence-electron chi connectivity index (χ3n) is 3.26. The highest BCUT2D eigenvalue weighted by atomic mass is 32.1. The number of amides is 1. The number of anilines is 1. The number of thiazole rings is 1. The molecular formula is C17H15FN2OS. The number of nitrogens with one attached hydrogen (secondary N) is 1. The van der Waals surface area contributed by atoms with Crippen molar-refractivity contribution in [3.05, 3.63) is 58.9 Å². The van der Waals surface area contributed by atoms with Gasteiger partial charge >= 0.3 is 0 Å². The van der Waals surface area contributed by atoms with Gasteiger partial charge in [0.05, 0.1) is 15.2 Å². The first-order valence-electron chi connectivity index (χ1n) is 7.00. The number of carbonyl (C=O) groups excluding carboxylic acids is 1. The van der Waals surface area contributed by atoms with E-state index < -0.39 is 0 Å². The molecule has 0 saturated carbocycles. The number of halogens is 1. The highest BCUT2D eigenvalue weighted by Crippen LogP contribution is 2.29. The van der Waals surface area contributed by atoms with E-state index in [1.54, 1.807) is 11.3 Å². The van der Waals surface area contributed by atoms with Crippen molar-refractivity contribution < 1.29 is 9.18 Å². The molecular weight excluding hydrogens is 299 g/mol. The SMILES string of the molecule is CC(C)c1nc2ccc(NC(=O)c3ccc(F)cc3)cc2s1. The second-order valence-corrected chi connectivity index (χ2v) is 6.41. The summed E-state index contributed by atoms with van der Waals surface area (Å²) in [5.74, 6) is -0.230. The molecule has 1 aromatic heterocycles. The maximum absolute atomic E-state index is 12.9. The highest BCUT2D eigenvalue weighted by Gasteiger charge is 2.10. The van der Waals surface area contributed by atoms with Gasteiger partial charge in [0, 0.05) is 17.2 Å². The number of aromatic nitrogens is 1. The monoisotopic (exact) mass is 314 g/mol. The summed E-state index contributed by atoms with van der Waals surface area (Å²) >= 11 is 1.63. The molecule has 22 heavy (non-hydrogen) atoms. The number of hydrogen-bond donors (Lipinski definition) is 1. The second kappa shape index (κ2) is 5.85. The summed E-state index contributed by atoms with van der Waals surface area (Å²) in [7, 11) is 0. The fraction of sp³-hybridized carbons (Fsp3) is 0.176. The molecule has 1 N–H and O–H groups in total. The molecule has 0 radical (unpaired) electrons. The Balaban J connectivity index is 1.84. The molecule has 1 heterocycles. The van der Waals surface area contributed by atoms with Gasteiger partial charge < -0.3 is 5.32 Å². The molecule has 3 aromatic rings. The molecule has 2 aromatic carbocycles. The van der Waals surface area contributed by atoms with Crippen molar-refractivity contribution in [2.45, 2.75) is 19.8 Å². The van der Waals surface area contributed by atoms with Crippen LogP contribution in [0.25, 0.3) is 10.2 Å². The lowest BCUT2D eigenvalue weighted by molar-refractivity contribution is 0.102. The zero-order valence-electron chi connectivity index (χ0n) is 12.3. The first-order valence-corrected chi connectivity index (χ1v) is 7.82. The molecule has 3 rings (SSSR count). The molecule has 3 nitrogen and oxygen atoms in total. The lowest BCUT2D eigenvalue weighted by atomic mass is 10.2. The van der Waals surface area contributed by atoms with Crippen LogP contribution in [0.3, 0.4) is 0 Å². The van der Waals surface area contributed by atoms with E-state index in [9.17, 15) is 9.18 Å². The van der Waals surface area contributed by atoms with Crippen molar-refractivity contribution in [3.63, 3.8) is 0 Å². The molecule has 0 aliphatic heterocycles. The van der Waals surface area contributed by atoms with Gasteiger partial charge in [-0.3, -0.25) is 4.79 Å². The third kappa shape index (κ3) is 2.99. The molecule has 0 unspecified atom stereocenters. The Hall–Kier alpha value is -2.27. The summed E-state index contributed by atoms with van der Waals surface area (Å²) in [5, 5.41) is 3.91. The van der Waals surface area contributed by atoms with Crippen LogP contribution in [0.4, 0.5) is 10.1 Å². The van der Waals surface area contributed by atoms with Crippen LogP contribution in [0, 0.1) is 5.82 Å². The Kier molecular flexibility index (Phi) is 3.90. The Bertz CT molecular complexity index is 824. The van der Waals surface area contributed by atoms with Gasteiger partial charge in [-0.2, -0.15) is 0 Å². The van der Waals surface area contributed by atoms with Gasteiger partial charge in [0.15, 0.2) is 0 Å². The second-order valence-electron chi connectivity index (χ2n) is 5.35. The molecule has 1 amide bonds. The largest absolute Gasteiger partial charge is 0.322 e. The molecule has 0 fully saturated rings. The molecule has 112 valence electrons. The smallest absolute Gasteiger partial charge is 0.255 e. The minimum atomic E-state index is -0.358. The standard InChI is InChI=1S/C17H15FN2OS/c1-10(2)17-20-14-8-7-13(9-15(14)22-17)19-16(21)11-3-5-12(18)6-4-11/h3-10H,1-2H3,(H,19,21). The Morgan fingerprint density at radius 2 is 1.91 bits per heavy atom. The van der Waals surface area contributed by atoms with E-state index >= 15 is 0 Å². The molecule has 0 bridgehead atoms. The van der Waals surface area contributed by atoms with Gasteiger partial charge in [-0.15, -0.1) is 11.3 Å². The number of fused-ring (bicyclic) bond motifs is 1. The maximum Gasteiger partial charge on any atom is 0.255 e.